The smallest absolute Gasteiger partial charge is 0.242 e. The number of hydrogen-bond donors (Lipinski definition) is 0. The molecular weight excluding hydrogens is 254 g/mol. The van der Waals surface area contributed by atoms with Crippen LogP contribution in [0.3, 0.4) is 0 Å². The molecule has 1 aromatic rings. The summed E-state index contributed by atoms with van der Waals surface area (Å²) in [6.07, 6.45) is 1.09. The van der Waals surface area contributed by atoms with Crippen LogP contribution in [-0.2, 0) is 14.1 Å². The Morgan fingerprint density at radius 1 is 1.12 bits per heavy atom. The molecule has 0 fully saturated rings. The van der Waals surface area contributed by atoms with Crippen molar-refractivity contribution in [3.8, 4) is 0 Å². The van der Waals surface area contributed by atoms with Crippen LogP contribution in [0.2, 0.25) is 0 Å². The first-order chi connectivity index (χ1) is 7.20. The summed E-state index contributed by atoms with van der Waals surface area (Å²) in [5.41, 5.74) is 0. The highest BCUT2D eigenvalue weighted by Crippen LogP contribution is 2.50. The number of hydrogen-bond acceptors (Lipinski definition) is 3. The molecule has 0 aromatic heterocycles. The summed E-state index contributed by atoms with van der Waals surface area (Å²) in [7, 11) is -4.60. The fourth-order valence-electron chi connectivity index (χ4n) is 1.24. The number of benzene rings is 1. The average molecular weight is 271 g/mol. The molecule has 0 aliphatic rings. The van der Waals surface area contributed by atoms with E-state index in [1.54, 1.807) is 0 Å². The second kappa shape index (κ2) is 5.99. The Balaban J connectivity index is 0.00000256. The zero-order valence-corrected chi connectivity index (χ0v) is 12.3. The second-order valence-electron chi connectivity index (χ2n) is 4.58. The van der Waals surface area contributed by atoms with Gasteiger partial charge in [-0.1, -0.05) is 51.1 Å². The predicted octanol–water partition coefficient (Wildman–Crippen LogP) is 2.10. The summed E-state index contributed by atoms with van der Waals surface area (Å²) >= 11 is 0. The third-order valence-electron chi connectivity index (χ3n) is 1.81. The molecule has 1 rings (SSSR count). The van der Waals surface area contributed by atoms with Crippen LogP contribution in [0, 0.1) is 0 Å². The molecule has 1 atom stereocenters. The maximum Gasteiger partial charge on any atom is 0.267 e. The highest BCUT2D eigenvalue weighted by Gasteiger charge is 2.30. The van der Waals surface area contributed by atoms with Gasteiger partial charge in [0.15, 0.2) is 0 Å². The van der Waals surface area contributed by atoms with Gasteiger partial charge in [-0.3, -0.25) is 0 Å². The molecule has 0 aliphatic carbocycles. The van der Waals surface area contributed by atoms with Crippen molar-refractivity contribution in [2.45, 2.75) is 25.9 Å². The Morgan fingerprint density at radius 3 is 1.94 bits per heavy atom. The normalized spacial score (nSPS) is 13.9. The maximum absolute atomic E-state index is 11.3. The molecule has 0 bridgehead atoms. The average Bonchev–Trinajstić information content (AvgIpc) is 2.13. The summed E-state index contributed by atoms with van der Waals surface area (Å²) in [4.78, 5) is 0. The minimum Gasteiger partial charge on any atom is -0.242 e. The Hall–Kier alpha value is -0.375. The van der Waals surface area contributed by atoms with Crippen LogP contribution >= 0.6 is 8.15 Å². The van der Waals surface area contributed by atoms with Gasteiger partial charge in [-0.05, 0) is 0 Å². The van der Waals surface area contributed by atoms with Crippen LogP contribution in [0.15, 0.2) is 30.3 Å². The van der Waals surface area contributed by atoms with Crippen molar-refractivity contribution in [3.63, 3.8) is 0 Å². The van der Waals surface area contributed by atoms with E-state index in [9.17, 15) is 8.42 Å². The molecule has 1 aromatic carbocycles. The molecule has 6 heteroatoms. The summed E-state index contributed by atoms with van der Waals surface area (Å²) in [6.45, 7) is 5.95. The minimum atomic E-state index is -3.43. The first-order valence-corrected chi connectivity index (χ1v) is 8.02. The molecule has 0 unspecified atom stereocenters. The van der Waals surface area contributed by atoms with E-state index in [2.05, 4.69) is 0 Å². The lowest BCUT2D eigenvalue weighted by molar-refractivity contribution is 0.508. The van der Waals surface area contributed by atoms with Crippen LogP contribution < -0.4 is 5.30 Å². The van der Waals surface area contributed by atoms with Crippen molar-refractivity contribution in [2.24, 2.45) is 0 Å². The van der Waals surface area contributed by atoms with Gasteiger partial charge in [0.25, 0.3) is 10.1 Å². The summed E-state index contributed by atoms with van der Waals surface area (Å²) in [5, 5.41) is 0.732. The van der Waals surface area contributed by atoms with E-state index < -0.39 is 18.3 Å². The zero-order chi connectivity index (χ0) is 12.4. The molecule has 93 valence electrons. The molecule has 3 radical (unpaired) electrons. The zero-order valence-electron chi connectivity index (χ0n) is 10.5. The van der Waals surface area contributed by atoms with Gasteiger partial charge < -0.3 is 0 Å². The van der Waals surface area contributed by atoms with Crippen molar-refractivity contribution < 1.29 is 12.4 Å². The van der Waals surface area contributed by atoms with Gasteiger partial charge in [-0.25, -0.2) is 3.97 Å². The topological polar surface area (TPSA) is 43.4 Å². The van der Waals surface area contributed by atoms with Gasteiger partial charge in [0.1, 0.15) is 0 Å². The van der Waals surface area contributed by atoms with Gasteiger partial charge >= 0.3 is 0 Å². The minimum absolute atomic E-state index is 0. The first-order valence-electron chi connectivity index (χ1n) is 4.95. The van der Waals surface area contributed by atoms with E-state index in [0.29, 0.717) is 0 Å². The van der Waals surface area contributed by atoms with Crippen molar-refractivity contribution in [2.75, 3.05) is 6.26 Å². The van der Waals surface area contributed by atoms with E-state index in [-0.39, 0.29) is 13.6 Å². The SMILES string of the molecule is CC(C)(C)[P@@](OS(C)(=O)=O)c1ccccc1.[B]. The molecule has 3 nitrogen and oxygen atoms in total. The third kappa shape index (κ3) is 5.67. The molecule has 0 heterocycles. The molecule has 17 heavy (non-hydrogen) atoms. The Morgan fingerprint density at radius 2 is 1.59 bits per heavy atom. The van der Waals surface area contributed by atoms with Crippen molar-refractivity contribution >= 4 is 32.0 Å². The summed E-state index contributed by atoms with van der Waals surface area (Å²) in [5.74, 6) is 0. The van der Waals surface area contributed by atoms with Crippen molar-refractivity contribution in [1.29, 1.82) is 0 Å². The molecule has 0 N–H and O–H groups in total. The fourth-order valence-corrected chi connectivity index (χ4v) is 4.78. The van der Waals surface area contributed by atoms with Crippen molar-refractivity contribution in [3.05, 3.63) is 30.3 Å². The highest BCUT2D eigenvalue weighted by atomic mass is 32.2. The van der Waals surface area contributed by atoms with Crippen LogP contribution in [0.4, 0.5) is 0 Å². The monoisotopic (exact) mass is 271 g/mol. The van der Waals surface area contributed by atoms with E-state index in [1.807, 2.05) is 51.1 Å². The van der Waals surface area contributed by atoms with E-state index >= 15 is 0 Å². The standard InChI is InChI=1S/C11H17O3PS.B/c1-11(2,3)15(14-16(4,12)13)10-8-6-5-7-9-10;/h5-9H,1-4H3;/t15-;/m0./s1. The van der Waals surface area contributed by atoms with Gasteiger partial charge in [0.2, 0.25) is 0 Å². The lowest BCUT2D eigenvalue weighted by Crippen LogP contribution is -2.22. The maximum atomic E-state index is 11.3. The van der Waals surface area contributed by atoms with Crippen LogP contribution in [0.1, 0.15) is 20.8 Å². The van der Waals surface area contributed by atoms with Crippen LogP contribution in [0.25, 0.3) is 0 Å². The Labute approximate surface area is 107 Å². The summed E-state index contributed by atoms with van der Waals surface area (Å²) in [6, 6.07) is 9.49. The van der Waals surface area contributed by atoms with Crippen molar-refractivity contribution in [1.82, 2.24) is 0 Å². The predicted molar refractivity (Wildman–Crippen MR) is 74.4 cm³/mol. The Bertz CT molecular complexity index is 440. The molecule has 0 amide bonds. The third-order valence-corrected chi connectivity index (χ3v) is 5.48. The molecule has 0 saturated carbocycles. The lowest BCUT2D eigenvalue weighted by Gasteiger charge is -2.29. The van der Waals surface area contributed by atoms with Gasteiger partial charge in [0.05, 0.1) is 14.4 Å². The van der Waals surface area contributed by atoms with Gasteiger partial charge in [-0.2, -0.15) is 8.42 Å². The fraction of sp³-hybridized carbons (Fsp3) is 0.455. The molecular formula is C11H17BO3PS. The lowest BCUT2D eigenvalue weighted by atomic mass is 10.3. The van der Waals surface area contributed by atoms with Crippen LogP contribution in [-0.4, -0.2) is 28.2 Å². The molecule has 0 aliphatic heterocycles. The first kappa shape index (κ1) is 16.6. The second-order valence-corrected chi connectivity index (χ2v) is 9.03. The Kier molecular flexibility index (Phi) is 5.86. The summed E-state index contributed by atoms with van der Waals surface area (Å²) < 4.78 is 27.7. The van der Waals surface area contributed by atoms with E-state index in [1.165, 1.54) is 0 Å². The largest absolute Gasteiger partial charge is 0.267 e. The highest BCUT2D eigenvalue weighted by molar-refractivity contribution is 7.91. The quantitative estimate of drug-likeness (QED) is 0.624. The van der Waals surface area contributed by atoms with E-state index in [4.69, 9.17) is 3.97 Å². The van der Waals surface area contributed by atoms with Crippen LogP contribution in [0.5, 0.6) is 0 Å². The van der Waals surface area contributed by atoms with E-state index in [0.717, 1.165) is 11.6 Å². The van der Waals surface area contributed by atoms with Gasteiger partial charge in [-0.15, -0.1) is 0 Å². The molecule has 0 saturated heterocycles. The molecule has 0 spiro atoms. The van der Waals surface area contributed by atoms with Gasteiger partial charge in [0, 0.05) is 18.9 Å². The number of rotatable bonds is 3.